The van der Waals surface area contributed by atoms with E-state index in [0.29, 0.717) is 6.54 Å². The third-order valence-electron chi connectivity index (χ3n) is 1.63. The molecule has 13 heavy (non-hydrogen) atoms. The van der Waals surface area contributed by atoms with Crippen molar-refractivity contribution in [3.8, 4) is 0 Å². The van der Waals surface area contributed by atoms with Gasteiger partial charge in [0, 0.05) is 18.8 Å². The van der Waals surface area contributed by atoms with Gasteiger partial charge in [0.05, 0.1) is 0 Å². The largest absolute Gasteiger partial charge is 0.328 e. The van der Waals surface area contributed by atoms with Crippen LogP contribution in [0.2, 0.25) is 0 Å². The number of hydrogen-bond acceptors (Lipinski definition) is 2. The van der Waals surface area contributed by atoms with E-state index in [0.717, 1.165) is 10.1 Å². The van der Waals surface area contributed by atoms with Crippen LogP contribution in [0.25, 0.3) is 0 Å². The molecule has 0 amide bonds. The van der Waals surface area contributed by atoms with Crippen molar-refractivity contribution in [3.05, 3.63) is 44.8 Å². The zero-order chi connectivity index (χ0) is 9.84. The molecule has 0 atom stereocenters. The first-order chi connectivity index (χ1) is 6.11. The van der Waals surface area contributed by atoms with E-state index in [2.05, 4.69) is 4.98 Å². The first kappa shape index (κ1) is 9.51. The fourth-order valence-electron chi connectivity index (χ4n) is 0.899. The minimum Gasteiger partial charge on any atom is -0.314 e. The zero-order valence-electron chi connectivity index (χ0n) is 7.70. The molecule has 0 aliphatic rings. The molecule has 1 aromatic heterocycles. The molecule has 4 heteroatoms. The van der Waals surface area contributed by atoms with Crippen LogP contribution in [0.3, 0.4) is 0 Å². The quantitative estimate of drug-likeness (QED) is 0.674. The highest BCUT2D eigenvalue weighted by Crippen LogP contribution is 1.87. The molecular weight excluding hydrogens is 168 g/mol. The molecule has 0 aliphatic heterocycles. The maximum absolute atomic E-state index is 11.2. The minimum atomic E-state index is -0.370. The van der Waals surface area contributed by atoms with Gasteiger partial charge < -0.3 is 4.98 Å². The standard InChI is InChI=1S/C9H12N2O2/c1-7(2)4-6-11-8(12)3-5-10-9(11)13/h3-5H,6H2,1-2H3,(H,10,13). The van der Waals surface area contributed by atoms with Crippen molar-refractivity contribution in [1.82, 2.24) is 9.55 Å². The van der Waals surface area contributed by atoms with Crippen molar-refractivity contribution in [2.24, 2.45) is 0 Å². The lowest BCUT2D eigenvalue weighted by atomic mass is 10.3. The third kappa shape index (κ3) is 2.43. The Bertz CT molecular complexity index is 393. The lowest BCUT2D eigenvalue weighted by Crippen LogP contribution is -2.33. The lowest BCUT2D eigenvalue weighted by molar-refractivity contribution is 0.710. The number of aromatic nitrogens is 2. The lowest BCUT2D eigenvalue weighted by Gasteiger charge is -1.98. The second-order valence-electron chi connectivity index (χ2n) is 3.01. The Kier molecular flexibility index (Phi) is 2.84. The summed E-state index contributed by atoms with van der Waals surface area (Å²) in [6.07, 6.45) is 3.18. The monoisotopic (exact) mass is 180 g/mol. The summed E-state index contributed by atoms with van der Waals surface area (Å²) in [5.41, 5.74) is 0.432. The molecule has 0 aromatic carbocycles. The molecule has 0 unspecified atom stereocenters. The predicted octanol–water partition coefficient (Wildman–Crippen LogP) is 0.503. The summed E-state index contributed by atoms with van der Waals surface area (Å²) in [5, 5.41) is 0. The van der Waals surface area contributed by atoms with Crippen LogP contribution in [-0.2, 0) is 6.54 Å². The normalized spacial score (nSPS) is 9.69. The minimum absolute atomic E-state index is 0.277. The highest BCUT2D eigenvalue weighted by atomic mass is 16.2. The average Bonchev–Trinajstić information content (AvgIpc) is 2.03. The van der Waals surface area contributed by atoms with Gasteiger partial charge in [-0.3, -0.25) is 9.36 Å². The molecule has 4 nitrogen and oxygen atoms in total. The van der Waals surface area contributed by atoms with Gasteiger partial charge in [0.25, 0.3) is 5.56 Å². The Balaban J connectivity index is 3.08. The number of hydrogen-bond donors (Lipinski definition) is 1. The van der Waals surface area contributed by atoms with Gasteiger partial charge in [0.15, 0.2) is 0 Å². The van der Waals surface area contributed by atoms with Crippen LogP contribution in [0, 0.1) is 0 Å². The summed E-state index contributed by atoms with van der Waals surface area (Å²) in [6, 6.07) is 1.33. The number of aromatic amines is 1. The van der Waals surface area contributed by atoms with Gasteiger partial charge >= 0.3 is 5.69 Å². The Morgan fingerprint density at radius 1 is 1.54 bits per heavy atom. The molecule has 1 rings (SSSR count). The van der Waals surface area contributed by atoms with Crippen molar-refractivity contribution in [1.29, 1.82) is 0 Å². The van der Waals surface area contributed by atoms with E-state index in [1.807, 2.05) is 19.9 Å². The van der Waals surface area contributed by atoms with Gasteiger partial charge in [-0.05, 0) is 13.8 Å². The van der Waals surface area contributed by atoms with Gasteiger partial charge in [0.2, 0.25) is 0 Å². The second kappa shape index (κ2) is 3.89. The van der Waals surface area contributed by atoms with Crippen molar-refractivity contribution >= 4 is 0 Å². The van der Waals surface area contributed by atoms with E-state index in [-0.39, 0.29) is 11.2 Å². The molecule has 0 radical (unpaired) electrons. The summed E-state index contributed by atoms with van der Waals surface area (Å²) in [4.78, 5) is 24.7. The van der Waals surface area contributed by atoms with Crippen LogP contribution in [0.4, 0.5) is 0 Å². The van der Waals surface area contributed by atoms with Crippen LogP contribution in [0.5, 0.6) is 0 Å². The van der Waals surface area contributed by atoms with Crippen LogP contribution < -0.4 is 11.2 Å². The molecule has 70 valence electrons. The molecule has 0 spiro atoms. The number of rotatable bonds is 2. The van der Waals surface area contributed by atoms with Gasteiger partial charge in [-0.2, -0.15) is 0 Å². The van der Waals surface area contributed by atoms with Gasteiger partial charge in [-0.15, -0.1) is 0 Å². The third-order valence-corrected chi connectivity index (χ3v) is 1.63. The molecule has 0 saturated carbocycles. The number of H-pyrrole nitrogens is 1. The number of allylic oxidation sites excluding steroid dienone is 2. The van der Waals surface area contributed by atoms with E-state index in [4.69, 9.17) is 0 Å². The van der Waals surface area contributed by atoms with E-state index < -0.39 is 0 Å². The maximum atomic E-state index is 11.2. The predicted molar refractivity (Wildman–Crippen MR) is 50.8 cm³/mol. The molecule has 0 fully saturated rings. The van der Waals surface area contributed by atoms with Crippen molar-refractivity contribution < 1.29 is 0 Å². The second-order valence-corrected chi connectivity index (χ2v) is 3.01. The Morgan fingerprint density at radius 3 is 2.77 bits per heavy atom. The first-order valence-corrected chi connectivity index (χ1v) is 4.03. The maximum Gasteiger partial charge on any atom is 0.328 e. The SMILES string of the molecule is CC(C)=CCn1c(=O)cc[nH]c1=O. The summed E-state index contributed by atoms with van der Waals surface area (Å²) in [7, 11) is 0. The van der Waals surface area contributed by atoms with E-state index >= 15 is 0 Å². The highest BCUT2D eigenvalue weighted by molar-refractivity contribution is 4.94. The summed E-state index contributed by atoms with van der Waals surface area (Å²) >= 11 is 0. The molecule has 0 aliphatic carbocycles. The fraction of sp³-hybridized carbons (Fsp3) is 0.333. The van der Waals surface area contributed by atoms with Gasteiger partial charge in [-0.25, -0.2) is 4.79 Å². The summed E-state index contributed by atoms with van der Waals surface area (Å²) in [6.45, 7) is 4.17. The van der Waals surface area contributed by atoms with Gasteiger partial charge in [-0.1, -0.05) is 11.6 Å². The number of nitrogens with zero attached hydrogens (tertiary/aromatic N) is 1. The van der Waals surface area contributed by atoms with Crippen molar-refractivity contribution in [2.75, 3.05) is 0 Å². The van der Waals surface area contributed by atoms with Gasteiger partial charge in [0.1, 0.15) is 0 Å². The molecule has 1 N–H and O–H groups in total. The Hall–Kier alpha value is -1.58. The first-order valence-electron chi connectivity index (χ1n) is 4.03. The molecule has 1 aromatic rings. The number of nitrogens with one attached hydrogen (secondary N) is 1. The molecule has 1 heterocycles. The van der Waals surface area contributed by atoms with Crippen molar-refractivity contribution in [3.63, 3.8) is 0 Å². The van der Waals surface area contributed by atoms with Crippen LogP contribution in [0.15, 0.2) is 33.5 Å². The summed E-state index contributed by atoms with van der Waals surface area (Å²) < 4.78 is 1.15. The van der Waals surface area contributed by atoms with Crippen molar-refractivity contribution in [2.45, 2.75) is 20.4 Å². The van der Waals surface area contributed by atoms with Crippen LogP contribution in [0.1, 0.15) is 13.8 Å². The van der Waals surface area contributed by atoms with E-state index in [1.165, 1.54) is 12.3 Å². The molecular formula is C9H12N2O2. The van der Waals surface area contributed by atoms with Crippen LogP contribution >= 0.6 is 0 Å². The fourth-order valence-corrected chi connectivity index (χ4v) is 0.899. The van der Waals surface area contributed by atoms with E-state index in [9.17, 15) is 9.59 Å². The Morgan fingerprint density at radius 2 is 2.23 bits per heavy atom. The smallest absolute Gasteiger partial charge is 0.314 e. The topological polar surface area (TPSA) is 54.9 Å². The average molecular weight is 180 g/mol. The highest BCUT2D eigenvalue weighted by Gasteiger charge is 1.96. The Labute approximate surface area is 75.5 Å². The summed E-state index contributed by atoms with van der Waals surface area (Å²) in [5.74, 6) is 0. The molecule has 0 bridgehead atoms. The van der Waals surface area contributed by atoms with Crippen LogP contribution in [-0.4, -0.2) is 9.55 Å². The zero-order valence-corrected chi connectivity index (χ0v) is 7.70. The van der Waals surface area contributed by atoms with E-state index in [1.54, 1.807) is 0 Å². The molecule has 0 saturated heterocycles.